The molecule has 0 saturated heterocycles. The quantitative estimate of drug-likeness (QED) is 0.824. The van der Waals surface area contributed by atoms with Crippen LogP contribution in [0.2, 0.25) is 0 Å². The molecule has 22 heavy (non-hydrogen) atoms. The molecule has 2 aromatic carbocycles. The number of aromatic carboxylic acids is 1. The van der Waals surface area contributed by atoms with Crippen molar-refractivity contribution in [1.82, 2.24) is 5.32 Å². The Hall–Kier alpha value is -2.33. The second-order valence-corrected chi connectivity index (χ2v) is 5.38. The number of carboxylic acids is 1. The minimum Gasteiger partial charge on any atom is -0.489 e. The topological polar surface area (TPSA) is 58.6 Å². The summed E-state index contributed by atoms with van der Waals surface area (Å²) in [5, 5.41) is 12.2. The highest BCUT2D eigenvalue weighted by atomic mass is 16.5. The largest absolute Gasteiger partial charge is 0.489 e. The van der Waals surface area contributed by atoms with Gasteiger partial charge in [-0.15, -0.1) is 0 Å². The normalized spacial score (nSPS) is 11.9. The fourth-order valence-electron chi connectivity index (χ4n) is 2.15. The zero-order valence-electron chi connectivity index (χ0n) is 12.9. The Labute approximate surface area is 130 Å². The summed E-state index contributed by atoms with van der Waals surface area (Å²) >= 11 is 0. The van der Waals surface area contributed by atoms with Crippen molar-refractivity contribution in [3.05, 3.63) is 65.2 Å². The predicted molar refractivity (Wildman–Crippen MR) is 86.4 cm³/mol. The van der Waals surface area contributed by atoms with Crippen molar-refractivity contribution in [3.63, 3.8) is 0 Å². The molecule has 0 aliphatic heterocycles. The highest BCUT2D eigenvalue weighted by molar-refractivity contribution is 5.87. The minimum absolute atomic E-state index is 0.0556. The lowest BCUT2D eigenvalue weighted by Crippen LogP contribution is -2.28. The molecule has 2 rings (SSSR count). The number of ether oxygens (including phenoxy) is 1. The first-order valence-electron chi connectivity index (χ1n) is 7.31. The number of hydrogen-bond acceptors (Lipinski definition) is 3. The summed E-state index contributed by atoms with van der Waals surface area (Å²) in [6.07, 6.45) is 0.0556. The molecule has 1 atom stereocenters. The van der Waals surface area contributed by atoms with Gasteiger partial charge >= 0.3 is 5.97 Å². The number of nitrogens with one attached hydrogen (secondary N) is 1. The second kappa shape index (κ2) is 7.61. The molecule has 4 heteroatoms. The van der Waals surface area contributed by atoms with Crippen molar-refractivity contribution in [2.75, 3.05) is 6.54 Å². The van der Waals surface area contributed by atoms with Gasteiger partial charge in [-0.3, -0.25) is 0 Å². The lowest BCUT2D eigenvalue weighted by molar-refractivity contribution is 0.0697. The molecule has 0 aliphatic rings. The van der Waals surface area contributed by atoms with Gasteiger partial charge in [0.2, 0.25) is 0 Å². The number of carboxylic acid groups (broad SMARTS) is 1. The van der Waals surface area contributed by atoms with Gasteiger partial charge in [0, 0.05) is 13.1 Å². The summed E-state index contributed by atoms with van der Waals surface area (Å²) in [6.45, 7) is 5.45. The van der Waals surface area contributed by atoms with E-state index in [-0.39, 0.29) is 6.10 Å². The standard InChI is InChI=1S/C18H21NO3/c1-13-4-3-5-17(10-13)22-14(2)11-19-12-15-6-8-16(9-7-15)18(20)21/h3-10,14,19H,11-12H2,1-2H3,(H,20,21). The van der Waals surface area contributed by atoms with Crippen LogP contribution < -0.4 is 10.1 Å². The molecule has 2 N–H and O–H groups in total. The Morgan fingerprint density at radius 2 is 1.95 bits per heavy atom. The molecule has 0 bridgehead atoms. The molecule has 0 amide bonds. The van der Waals surface area contributed by atoms with E-state index in [0.717, 1.165) is 11.3 Å². The van der Waals surface area contributed by atoms with Crippen LogP contribution in [-0.2, 0) is 6.54 Å². The Bertz CT molecular complexity index is 622. The molecule has 0 spiro atoms. The average molecular weight is 299 g/mol. The van der Waals surface area contributed by atoms with Crippen LogP contribution in [-0.4, -0.2) is 23.7 Å². The predicted octanol–water partition coefficient (Wildman–Crippen LogP) is 3.25. The van der Waals surface area contributed by atoms with E-state index >= 15 is 0 Å². The van der Waals surface area contributed by atoms with Gasteiger partial charge < -0.3 is 15.2 Å². The van der Waals surface area contributed by atoms with Crippen LogP contribution in [0.5, 0.6) is 5.75 Å². The third-order valence-corrected chi connectivity index (χ3v) is 3.29. The third-order valence-electron chi connectivity index (χ3n) is 3.29. The first-order valence-corrected chi connectivity index (χ1v) is 7.31. The maximum absolute atomic E-state index is 10.8. The van der Waals surface area contributed by atoms with Gasteiger partial charge in [0.25, 0.3) is 0 Å². The van der Waals surface area contributed by atoms with Crippen molar-refractivity contribution < 1.29 is 14.6 Å². The minimum atomic E-state index is -0.903. The zero-order chi connectivity index (χ0) is 15.9. The Balaban J connectivity index is 1.77. The molecule has 0 radical (unpaired) electrons. The molecule has 116 valence electrons. The number of carbonyl (C=O) groups is 1. The van der Waals surface area contributed by atoms with E-state index in [0.29, 0.717) is 18.7 Å². The third kappa shape index (κ3) is 4.90. The lowest BCUT2D eigenvalue weighted by Gasteiger charge is -2.16. The molecule has 0 fully saturated rings. The van der Waals surface area contributed by atoms with Crippen molar-refractivity contribution in [2.45, 2.75) is 26.5 Å². The summed E-state index contributed by atoms with van der Waals surface area (Å²) in [5.41, 5.74) is 2.53. The summed E-state index contributed by atoms with van der Waals surface area (Å²) in [4.78, 5) is 10.8. The van der Waals surface area contributed by atoms with Gasteiger partial charge in [-0.1, -0.05) is 24.3 Å². The Morgan fingerprint density at radius 3 is 2.59 bits per heavy atom. The van der Waals surface area contributed by atoms with Crippen LogP contribution >= 0.6 is 0 Å². The van der Waals surface area contributed by atoms with E-state index in [2.05, 4.69) is 5.32 Å². The first-order chi connectivity index (χ1) is 10.5. The van der Waals surface area contributed by atoms with Crippen LogP contribution in [0.1, 0.15) is 28.4 Å². The summed E-state index contributed by atoms with van der Waals surface area (Å²) in [6, 6.07) is 14.9. The van der Waals surface area contributed by atoms with E-state index in [1.807, 2.05) is 50.2 Å². The fraction of sp³-hybridized carbons (Fsp3) is 0.278. The van der Waals surface area contributed by atoms with E-state index in [1.165, 1.54) is 5.56 Å². The van der Waals surface area contributed by atoms with Crippen LogP contribution in [0.4, 0.5) is 0 Å². The Kier molecular flexibility index (Phi) is 5.55. The van der Waals surface area contributed by atoms with Gasteiger partial charge in [-0.2, -0.15) is 0 Å². The highest BCUT2D eigenvalue weighted by Crippen LogP contribution is 2.14. The smallest absolute Gasteiger partial charge is 0.335 e. The van der Waals surface area contributed by atoms with Gasteiger partial charge in [0.15, 0.2) is 0 Å². The molecule has 0 heterocycles. The van der Waals surface area contributed by atoms with Gasteiger partial charge in [-0.05, 0) is 49.2 Å². The molecular formula is C18H21NO3. The molecule has 4 nitrogen and oxygen atoms in total. The van der Waals surface area contributed by atoms with E-state index < -0.39 is 5.97 Å². The molecule has 0 saturated carbocycles. The van der Waals surface area contributed by atoms with Gasteiger partial charge in [0.1, 0.15) is 11.9 Å². The van der Waals surface area contributed by atoms with Crippen molar-refractivity contribution in [1.29, 1.82) is 0 Å². The van der Waals surface area contributed by atoms with Crippen molar-refractivity contribution >= 4 is 5.97 Å². The number of aryl methyl sites for hydroxylation is 1. The molecule has 2 aromatic rings. The van der Waals surface area contributed by atoms with Crippen LogP contribution in [0.3, 0.4) is 0 Å². The molecule has 1 unspecified atom stereocenters. The average Bonchev–Trinajstić information content (AvgIpc) is 2.47. The maximum atomic E-state index is 10.8. The Morgan fingerprint density at radius 1 is 1.23 bits per heavy atom. The SMILES string of the molecule is Cc1cccc(OC(C)CNCc2ccc(C(=O)O)cc2)c1. The van der Waals surface area contributed by atoms with Crippen molar-refractivity contribution in [3.8, 4) is 5.75 Å². The number of hydrogen-bond donors (Lipinski definition) is 2. The van der Waals surface area contributed by atoms with E-state index in [4.69, 9.17) is 9.84 Å². The number of rotatable bonds is 7. The second-order valence-electron chi connectivity index (χ2n) is 5.38. The van der Waals surface area contributed by atoms with Gasteiger partial charge in [-0.25, -0.2) is 4.79 Å². The summed E-state index contributed by atoms with van der Waals surface area (Å²) in [5.74, 6) is -0.0280. The van der Waals surface area contributed by atoms with Gasteiger partial charge in [0.05, 0.1) is 5.56 Å². The number of benzene rings is 2. The highest BCUT2D eigenvalue weighted by Gasteiger charge is 2.05. The van der Waals surface area contributed by atoms with Crippen LogP contribution in [0, 0.1) is 6.92 Å². The van der Waals surface area contributed by atoms with E-state index in [9.17, 15) is 4.79 Å². The summed E-state index contributed by atoms with van der Waals surface area (Å²) < 4.78 is 5.84. The lowest BCUT2D eigenvalue weighted by atomic mass is 10.1. The zero-order valence-corrected chi connectivity index (χ0v) is 12.9. The first kappa shape index (κ1) is 16.0. The molecule has 0 aromatic heterocycles. The molecular weight excluding hydrogens is 278 g/mol. The maximum Gasteiger partial charge on any atom is 0.335 e. The van der Waals surface area contributed by atoms with E-state index in [1.54, 1.807) is 12.1 Å². The fourth-order valence-corrected chi connectivity index (χ4v) is 2.15. The monoisotopic (exact) mass is 299 g/mol. The van der Waals surface area contributed by atoms with Crippen molar-refractivity contribution in [2.24, 2.45) is 0 Å². The van der Waals surface area contributed by atoms with Crippen LogP contribution in [0.25, 0.3) is 0 Å². The molecule has 0 aliphatic carbocycles. The summed E-state index contributed by atoms with van der Waals surface area (Å²) in [7, 11) is 0. The van der Waals surface area contributed by atoms with Crippen LogP contribution in [0.15, 0.2) is 48.5 Å².